The number of aliphatic hydroxyl groups excluding tert-OH is 2. The Hall–Kier alpha value is -2.18. The fourth-order valence-corrected chi connectivity index (χ4v) is 11.1. The van der Waals surface area contributed by atoms with E-state index in [1.165, 1.54) is 308 Å². The van der Waals surface area contributed by atoms with E-state index >= 15 is 0 Å². The second-order valence-corrected chi connectivity index (χ2v) is 24.6. The molecule has 0 aliphatic carbocycles. The van der Waals surface area contributed by atoms with Crippen LogP contribution < -0.4 is 5.32 Å². The maximum atomic E-state index is 12.4. The van der Waals surface area contributed by atoms with Gasteiger partial charge in [-0.1, -0.05) is 332 Å². The molecule has 0 bridgehead atoms. The number of esters is 1. The number of nitrogens with one attached hydrogen (secondary N) is 1. The number of ether oxygens (including phenoxy) is 1. The molecule has 0 heterocycles. The number of allylic oxidation sites excluding steroid dienone is 7. The van der Waals surface area contributed by atoms with Crippen LogP contribution in [0.3, 0.4) is 0 Å². The summed E-state index contributed by atoms with van der Waals surface area (Å²) in [7, 11) is 0. The molecule has 3 N–H and O–H groups in total. The Morgan fingerprint density at radius 1 is 0.350 bits per heavy atom. The normalized spacial score (nSPS) is 12.8. The summed E-state index contributed by atoms with van der Waals surface area (Å²) in [5.74, 6) is -0.0499. The molecule has 0 aliphatic heterocycles. The first-order valence-electron chi connectivity index (χ1n) is 35.9. The number of aliphatic hydroxyl groups is 2. The number of carbonyl (C=O) groups is 2. The molecule has 6 nitrogen and oxygen atoms in total. The van der Waals surface area contributed by atoms with Crippen molar-refractivity contribution in [2.24, 2.45) is 0 Å². The van der Waals surface area contributed by atoms with Crippen LogP contribution in [0.1, 0.15) is 386 Å². The summed E-state index contributed by atoms with van der Waals surface area (Å²) in [6.45, 7) is 4.87. The average molecular weight is 1120 g/mol. The van der Waals surface area contributed by atoms with Crippen molar-refractivity contribution >= 4 is 11.9 Å². The van der Waals surface area contributed by atoms with Crippen LogP contribution in [0.25, 0.3) is 0 Å². The number of unbranched alkanes of at least 4 members (excludes halogenated alkanes) is 50. The first kappa shape index (κ1) is 77.8. The van der Waals surface area contributed by atoms with Gasteiger partial charge in [0.1, 0.15) is 0 Å². The molecule has 80 heavy (non-hydrogen) atoms. The number of hydrogen-bond acceptors (Lipinski definition) is 5. The van der Waals surface area contributed by atoms with Crippen LogP contribution in [0.5, 0.6) is 0 Å². The van der Waals surface area contributed by atoms with Crippen molar-refractivity contribution in [1.82, 2.24) is 5.32 Å². The smallest absolute Gasteiger partial charge is 0.305 e. The quantitative estimate of drug-likeness (QED) is 0.0320. The lowest BCUT2D eigenvalue weighted by Gasteiger charge is -2.20. The van der Waals surface area contributed by atoms with E-state index in [1.54, 1.807) is 6.08 Å². The molecule has 0 spiro atoms. The fourth-order valence-electron chi connectivity index (χ4n) is 11.1. The SMILES string of the molecule is CCCCC/C=C\C/C=C\CCCCCCCCCCCC(=O)OCCCCCCCCCCCCCCCC/C=C\CCCCCCCCCCCCCCCCCCCC(=O)NC(CO)C(O)/C=C/CCCCCCCCC. The predicted octanol–water partition coefficient (Wildman–Crippen LogP) is 23.3. The van der Waals surface area contributed by atoms with Crippen molar-refractivity contribution in [3.8, 4) is 0 Å². The zero-order chi connectivity index (χ0) is 57.8. The van der Waals surface area contributed by atoms with Crippen LogP contribution in [0.2, 0.25) is 0 Å². The molecule has 1 amide bonds. The highest BCUT2D eigenvalue weighted by molar-refractivity contribution is 5.76. The van der Waals surface area contributed by atoms with Gasteiger partial charge in [-0.25, -0.2) is 0 Å². The molecule has 0 saturated heterocycles. The lowest BCUT2D eigenvalue weighted by molar-refractivity contribution is -0.143. The molecule has 0 aromatic rings. The summed E-state index contributed by atoms with van der Waals surface area (Å²) in [5.41, 5.74) is 0. The van der Waals surface area contributed by atoms with Gasteiger partial charge in [0.25, 0.3) is 0 Å². The zero-order valence-electron chi connectivity index (χ0n) is 53.8. The highest BCUT2D eigenvalue weighted by Gasteiger charge is 2.18. The van der Waals surface area contributed by atoms with E-state index in [-0.39, 0.29) is 18.5 Å². The Balaban J connectivity index is 3.31. The van der Waals surface area contributed by atoms with E-state index in [4.69, 9.17) is 4.74 Å². The average Bonchev–Trinajstić information content (AvgIpc) is 3.46. The van der Waals surface area contributed by atoms with Gasteiger partial charge >= 0.3 is 5.97 Å². The van der Waals surface area contributed by atoms with E-state index < -0.39 is 12.1 Å². The highest BCUT2D eigenvalue weighted by Crippen LogP contribution is 2.18. The lowest BCUT2D eigenvalue weighted by Crippen LogP contribution is -2.45. The van der Waals surface area contributed by atoms with E-state index in [2.05, 4.69) is 55.6 Å². The van der Waals surface area contributed by atoms with Gasteiger partial charge in [0.05, 0.1) is 25.4 Å². The van der Waals surface area contributed by atoms with Crippen LogP contribution in [0, 0.1) is 0 Å². The van der Waals surface area contributed by atoms with Gasteiger partial charge in [-0.05, 0) is 89.9 Å². The number of amides is 1. The maximum Gasteiger partial charge on any atom is 0.305 e. The molecule has 2 unspecified atom stereocenters. The van der Waals surface area contributed by atoms with Gasteiger partial charge in [0, 0.05) is 12.8 Å². The Morgan fingerprint density at radius 3 is 0.988 bits per heavy atom. The van der Waals surface area contributed by atoms with Gasteiger partial charge in [-0.3, -0.25) is 9.59 Å². The van der Waals surface area contributed by atoms with Gasteiger partial charge in [-0.2, -0.15) is 0 Å². The maximum absolute atomic E-state index is 12.4. The van der Waals surface area contributed by atoms with Crippen molar-refractivity contribution in [3.05, 3.63) is 48.6 Å². The molecule has 0 fully saturated rings. The molecule has 6 heteroatoms. The summed E-state index contributed by atoms with van der Waals surface area (Å²) in [6.07, 6.45) is 90.8. The van der Waals surface area contributed by atoms with Crippen LogP contribution in [0.4, 0.5) is 0 Å². The van der Waals surface area contributed by atoms with E-state index in [1.807, 2.05) is 6.08 Å². The Bertz CT molecular complexity index is 1340. The molecular formula is C74H139NO5. The molecule has 0 aromatic carbocycles. The first-order valence-corrected chi connectivity index (χ1v) is 35.9. The summed E-state index contributed by atoms with van der Waals surface area (Å²) in [6, 6.07) is -0.623. The van der Waals surface area contributed by atoms with Crippen LogP contribution in [-0.4, -0.2) is 47.4 Å². The number of hydrogen-bond donors (Lipinski definition) is 3. The second kappa shape index (κ2) is 69.3. The topological polar surface area (TPSA) is 95.9 Å². The Kier molecular flexibility index (Phi) is 67.4. The third-order valence-corrected chi connectivity index (χ3v) is 16.6. The lowest BCUT2D eigenvalue weighted by atomic mass is 10.0. The fraction of sp³-hybridized carbons (Fsp3) is 0.865. The highest BCUT2D eigenvalue weighted by atomic mass is 16.5. The van der Waals surface area contributed by atoms with Crippen molar-refractivity contribution in [3.63, 3.8) is 0 Å². The van der Waals surface area contributed by atoms with Crippen molar-refractivity contribution in [2.45, 2.75) is 398 Å². The monoisotopic (exact) mass is 1120 g/mol. The molecule has 0 rings (SSSR count). The minimum Gasteiger partial charge on any atom is -0.466 e. The van der Waals surface area contributed by atoms with Crippen molar-refractivity contribution < 1.29 is 24.5 Å². The molecule has 0 saturated carbocycles. The third kappa shape index (κ3) is 65.0. The number of carbonyl (C=O) groups excluding carboxylic acids is 2. The number of rotatable bonds is 67. The molecule has 470 valence electrons. The zero-order valence-corrected chi connectivity index (χ0v) is 53.8. The van der Waals surface area contributed by atoms with Gasteiger partial charge in [0.2, 0.25) is 5.91 Å². The third-order valence-electron chi connectivity index (χ3n) is 16.6. The van der Waals surface area contributed by atoms with E-state index in [0.29, 0.717) is 19.4 Å². The Labute approximate surface area is 499 Å². The van der Waals surface area contributed by atoms with Gasteiger partial charge < -0.3 is 20.3 Å². The molecular weight excluding hydrogens is 983 g/mol. The summed E-state index contributed by atoms with van der Waals surface area (Å²) in [4.78, 5) is 24.5. The predicted molar refractivity (Wildman–Crippen MR) is 352 cm³/mol. The molecule has 0 aromatic heterocycles. The van der Waals surface area contributed by atoms with Crippen LogP contribution in [-0.2, 0) is 14.3 Å². The van der Waals surface area contributed by atoms with Crippen molar-refractivity contribution in [1.29, 1.82) is 0 Å². The minimum atomic E-state index is -0.840. The van der Waals surface area contributed by atoms with Crippen LogP contribution in [0.15, 0.2) is 48.6 Å². The standard InChI is InChI=1S/C74H139NO5/c1-3-5-7-9-11-13-14-15-16-17-35-39-42-45-48-52-56-60-64-68-74(79)80-69-65-61-57-53-49-46-43-40-37-34-32-30-28-26-24-22-20-18-19-21-23-25-27-29-31-33-36-38-41-44-47-51-55-59-63-67-73(78)75-71(70-76)72(77)66-62-58-54-50-12-10-8-6-4-2/h11,13,15-16,20,22,62,66,71-72,76-77H,3-10,12,14,17-19,21,23-61,63-65,67-70H2,1-2H3,(H,75,78)/b13-11-,16-15-,22-20-,66-62+. The van der Waals surface area contributed by atoms with E-state index in [0.717, 1.165) is 51.4 Å². The summed E-state index contributed by atoms with van der Waals surface area (Å²) < 4.78 is 5.51. The summed E-state index contributed by atoms with van der Waals surface area (Å²) in [5, 5.41) is 23.0. The van der Waals surface area contributed by atoms with Crippen molar-refractivity contribution in [2.75, 3.05) is 13.2 Å². The molecule has 2 atom stereocenters. The minimum absolute atomic E-state index is 0.0162. The second-order valence-electron chi connectivity index (χ2n) is 24.6. The van der Waals surface area contributed by atoms with E-state index in [9.17, 15) is 19.8 Å². The summed E-state index contributed by atoms with van der Waals surface area (Å²) >= 11 is 0. The Morgan fingerprint density at radius 2 is 0.625 bits per heavy atom. The van der Waals surface area contributed by atoms with Gasteiger partial charge in [-0.15, -0.1) is 0 Å². The molecule has 0 aliphatic rings. The largest absolute Gasteiger partial charge is 0.466 e. The van der Waals surface area contributed by atoms with Crippen LogP contribution >= 0.6 is 0 Å². The first-order chi connectivity index (χ1) is 39.5. The molecule has 0 radical (unpaired) electrons. The van der Waals surface area contributed by atoms with Gasteiger partial charge in [0.15, 0.2) is 0 Å².